The molecule has 220 valence electrons. The van der Waals surface area contributed by atoms with Crippen LogP contribution in [0.2, 0.25) is 0 Å². The first-order chi connectivity index (χ1) is 19.7. The summed E-state index contributed by atoms with van der Waals surface area (Å²) in [6.07, 6.45) is 2.62. The molecule has 0 aliphatic rings. The minimum atomic E-state index is -3.64. The molecule has 1 atom stereocenters. The summed E-state index contributed by atoms with van der Waals surface area (Å²) in [4.78, 5) is 29.1. The molecule has 0 bridgehead atoms. The predicted octanol–water partition coefficient (Wildman–Crippen LogP) is 4.72. The van der Waals surface area contributed by atoms with Gasteiger partial charge in [-0.25, -0.2) is 8.42 Å². The predicted molar refractivity (Wildman–Crippen MR) is 163 cm³/mol. The van der Waals surface area contributed by atoms with E-state index < -0.39 is 16.1 Å². The molecule has 0 saturated carbocycles. The van der Waals surface area contributed by atoms with Crippen molar-refractivity contribution >= 4 is 27.5 Å². The molecule has 0 spiro atoms. The molecule has 0 saturated heterocycles. The molecule has 3 aromatic carbocycles. The summed E-state index contributed by atoms with van der Waals surface area (Å²) in [7, 11) is -2.15. The van der Waals surface area contributed by atoms with Gasteiger partial charge in [-0.05, 0) is 48.6 Å². The number of anilines is 1. The Morgan fingerprint density at radius 1 is 0.951 bits per heavy atom. The number of rotatable bonds is 15. The van der Waals surface area contributed by atoms with E-state index in [1.165, 1.54) is 11.4 Å². The minimum absolute atomic E-state index is 0.0688. The number of aryl methyl sites for hydroxylation is 1. The van der Waals surface area contributed by atoms with Crippen molar-refractivity contribution in [1.82, 2.24) is 10.2 Å². The van der Waals surface area contributed by atoms with Gasteiger partial charge >= 0.3 is 0 Å². The van der Waals surface area contributed by atoms with Gasteiger partial charge in [0.1, 0.15) is 11.8 Å². The number of methoxy groups -OCH3 is 1. The van der Waals surface area contributed by atoms with Crippen molar-refractivity contribution in [2.24, 2.45) is 0 Å². The van der Waals surface area contributed by atoms with Crippen LogP contribution >= 0.6 is 0 Å². The molecule has 8 nitrogen and oxygen atoms in total. The number of para-hydroxylation sites is 2. The molecule has 0 radical (unpaired) electrons. The fourth-order valence-electron chi connectivity index (χ4n) is 4.71. The first-order valence-corrected chi connectivity index (χ1v) is 15.8. The lowest BCUT2D eigenvalue weighted by molar-refractivity contribution is -0.141. The second-order valence-corrected chi connectivity index (χ2v) is 12.0. The van der Waals surface area contributed by atoms with Crippen molar-refractivity contribution in [1.29, 1.82) is 0 Å². The van der Waals surface area contributed by atoms with Crippen LogP contribution in [0, 0.1) is 6.92 Å². The molecular formula is C32H41N3O5S. The van der Waals surface area contributed by atoms with Gasteiger partial charge in [0, 0.05) is 32.5 Å². The lowest BCUT2D eigenvalue weighted by Crippen LogP contribution is -2.50. The van der Waals surface area contributed by atoms with Crippen LogP contribution in [0.5, 0.6) is 5.75 Å². The zero-order chi connectivity index (χ0) is 29.8. The number of sulfonamides is 1. The number of carbonyl (C=O) groups is 2. The first-order valence-electron chi connectivity index (χ1n) is 13.9. The van der Waals surface area contributed by atoms with Gasteiger partial charge in [0.2, 0.25) is 21.8 Å². The Morgan fingerprint density at radius 3 is 2.27 bits per heavy atom. The standard InChI is InChI=1S/C32H41N3O5S/c1-5-21-33-32(37)29(23-26-15-7-6-8-16-26)34(24-27-17-10-9-14-25(27)2)31(36)20-13-22-35(41(4,38)39)28-18-11-12-19-30(28)40-3/h6-12,14-19,29H,5,13,20-24H2,1-4H3,(H,33,37)/t29-/m0/s1. The van der Waals surface area contributed by atoms with Crippen LogP contribution in [-0.2, 0) is 32.6 Å². The van der Waals surface area contributed by atoms with E-state index in [1.807, 2.05) is 68.4 Å². The summed E-state index contributed by atoms with van der Waals surface area (Å²) in [6, 6.07) is 23.6. The number of nitrogens with zero attached hydrogens (tertiary/aromatic N) is 2. The van der Waals surface area contributed by atoms with Crippen molar-refractivity contribution in [2.45, 2.75) is 52.1 Å². The summed E-state index contributed by atoms with van der Waals surface area (Å²) in [5.41, 5.74) is 3.35. The quantitative estimate of drug-likeness (QED) is 0.281. The summed E-state index contributed by atoms with van der Waals surface area (Å²) in [5, 5.41) is 2.98. The molecule has 0 aliphatic carbocycles. The average Bonchev–Trinajstić information content (AvgIpc) is 2.96. The van der Waals surface area contributed by atoms with E-state index in [9.17, 15) is 18.0 Å². The van der Waals surface area contributed by atoms with Crippen LogP contribution in [0.25, 0.3) is 0 Å². The number of benzene rings is 3. The molecule has 1 N–H and O–H groups in total. The second-order valence-electron chi connectivity index (χ2n) is 10.1. The molecule has 0 aromatic heterocycles. The van der Waals surface area contributed by atoms with E-state index in [2.05, 4.69) is 5.32 Å². The van der Waals surface area contributed by atoms with Gasteiger partial charge in [-0.3, -0.25) is 13.9 Å². The van der Waals surface area contributed by atoms with E-state index in [1.54, 1.807) is 29.2 Å². The van der Waals surface area contributed by atoms with Crippen LogP contribution in [0.1, 0.15) is 42.9 Å². The third-order valence-electron chi connectivity index (χ3n) is 6.93. The summed E-state index contributed by atoms with van der Waals surface area (Å²) >= 11 is 0. The van der Waals surface area contributed by atoms with Gasteiger partial charge in [0.15, 0.2) is 0 Å². The Bertz CT molecular complexity index is 1400. The molecule has 3 aromatic rings. The highest BCUT2D eigenvalue weighted by atomic mass is 32.2. The zero-order valence-corrected chi connectivity index (χ0v) is 25.2. The van der Waals surface area contributed by atoms with E-state index >= 15 is 0 Å². The van der Waals surface area contributed by atoms with Crippen LogP contribution < -0.4 is 14.4 Å². The topological polar surface area (TPSA) is 96.0 Å². The lowest BCUT2D eigenvalue weighted by atomic mass is 10.0. The largest absolute Gasteiger partial charge is 0.495 e. The Balaban J connectivity index is 1.89. The fourth-order valence-corrected chi connectivity index (χ4v) is 5.68. The molecule has 2 amide bonds. The Hall–Kier alpha value is -3.85. The van der Waals surface area contributed by atoms with Crippen molar-refractivity contribution < 1.29 is 22.7 Å². The number of hydrogen-bond acceptors (Lipinski definition) is 5. The van der Waals surface area contributed by atoms with Gasteiger partial charge in [-0.15, -0.1) is 0 Å². The lowest BCUT2D eigenvalue weighted by Gasteiger charge is -2.32. The number of carbonyl (C=O) groups excluding carboxylic acids is 2. The SMILES string of the molecule is CCCNC(=O)[C@H](Cc1ccccc1)N(Cc1ccccc1C)C(=O)CCCN(c1ccccc1OC)S(C)(=O)=O. The summed E-state index contributed by atoms with van der Waals surface area (Å²) < 4.78 is 32.1. The van der Waals surface area contributed by atoms with Crippen molar-refractivity contribution in [3.8, 4) is 5.75 Å². The molecule has 3 rings (SSSR count). The van der Waals surface area contributed by atoms with Crippen LogP contribution in [0.15, 0.2) is 78.9 Å². The van der Waals surface area contributed by atoms with E-state index in [-0.39, 0.29) is 37.7 Å². The average molecular weight is 580 g/mol. The van der Waals surface area contributed by atoms with Crippen molar-refractivity contribution in [3.05, 3.63) is 95.6 Å². The zero-order valence-electron chi connectivity index (χ0n) is 24.4. The maximum absolute atomic E-state index is 13.9. The Labute approximate surface area is 244 Å². The third kappa shape index (κ3) is 9.08. The number of amides is 2. The van der Waals surface area contributed by atoms with Gasteiger partial charge in [-0.2, -0.15) is 0 Å². The van der Waals surface area contributed by atoms with Crippen LogP contribution in [-0.4, -0.2) is 57.6 Å². The van der Waals surface area contributed by atoms with Gasteiger partial charge in [0.25, 0.3) is 0 Å². The maximum Gasteiger partial charge on any atom is 0.243 e. The van der Waals surface area contributed by atoms with Crippen molar-refractivity contribution in [3.63, 3.8) is 0 Å². The monoisotopic (exact) mass is 579 g/mol. The number of nitrogens with one attached hydrogen (secondary N) is 1. The third-order valence-corrected chi connectivity index (χ3v) is 8.11. The highest BCUT2D eigenvalue weighted by Crippen LogP contribution is 2.30. The summed E-state index contributed by atoms with van der Waals surface area (Å²) in [6.45, 7) is 4.84. The van der Waals surface area contributed by atoms with Crippen molar-refractivity contribution in [2.75, 3.05) is 30.8 Å². The molecular weight excluding hydrogens is 538 g/mol. The summed E-state index contributed by atoms with van der Waals surface area (Å²) in [5.74, 6) is 0.0136. The van der Waals surface area contributed by atoms with E-state index in [4.69, 9.17) is 4.74 Å². The molecule has 9 heteroatoms. The molecule has 0 fully saturated rings. The normalized spacial score (nSPS) is 11.9. The molecule has 41 heavy (non-hydrogen) atoms. The minimum Gasteiger partial charge on any atom is -0.495 e. The van der Waals surface area contributed by atoms with Gasteiger partial charge in [0.05, 0.1) is 19.1 Å². The van der Waals surface area contributed by atoms with Crippen LogP contribution in [0.3, 0.4) is 0 Å². The van der Waals surface area contributed by atoms with E-state index in [0.29, 0.717) is 24.4 Å². The molecule has 0 unspecified atom stereocenters. The fraction of sp³-hybridized carbons (Fsp3) is 0.375. The smallest absolute Gasteiger partial charge is 0.243 e. The number of ether oxygens (including phenoxy) is 1. The van der Waals surface area contributed by atoms with Gasteiger partial charge < -0.3 is 15.0 Å². The first kappa shape index (κ1) is 31.7. The van der Waals surface area contributed by atoms with Crippen LogP contribution in [0.4, 0.5) is 5.69 Å². The number of hydrogen-bond donors (Lipinski definition) is 1. The Morgan fingerprint density at radius 2 is 1.61 bits per heavy atom. The molecule has 0 heterocycles. The second kappa shape index (κ2) is 15.2. The molecule has 0 aliphatic heterocycles. The van der Waals surface area contributed by atoms with Gasteiger partial charge in [-0.1, -0.05) is 73.7 Å². The van der Waals surface area contributed by atoms with E-state index in [0.717, 1.165) is 29.4 Å². The Kier molecular flexibility index (Phi) is 11.8. The highest BCUT2D eigenvalue weighted by molar-refractivity contribution is 7.92. The highest BCUT2D eigenvalue weighted by Gasteiger charge is 2.31. The maximum atomic E-state index is 13.9.